The highest BCUT2D eigenvalue weighted by molar-refractivity contribution is 9.10. The lowest BCUT2D eigenvalue weighted by atomic mass is 10.0. The quantitative estimate of drug-likeness (QED) is 0.688. The van der Waals surface area contributed by atoms with Gasteiger partial charge in [0.1, 0.15) is 5.49 Å². The van der Waals surface area contributed by atoms with E-state index in [2.05, 4.69) is 15.9 Å². The maximum atomic E-state index is 12.4. The van der Waals surface area contributed by atoms with Gasteiger partial charge in [-0.05, 0) is 39.2 Å². The van der Waals surface area contributed by atoms with Gasteiger partial charge >= 0.3 is 0 Å². The highest BCUT2D eigenvalue weighted by Gasteiger charge is 2.08. The van der Waals surface area contributed by atoms with Crippen LogP contribution in [0.4, 0.5) is 0 Å². The van der Waals surface area contributed by atoms with Crippen molar-refractivity contribution in [2.75, 3.05) is 0 Å². The van der Waals surface area contributed by atoms with Crippen molar-refractivity contribution in [2.45, 2.75) is 6.54 Å². The first-order valence-electron chi connectivity index (χ1n) is 7.23. The van der Waals surface area contributed by atoms with Gasteiger partial charge in [-0.25, -0.2) is 0 Å². The van der Waals surface area contributed by atoms with E-state index in [1.165, 1.54) is 0 Å². The second kappa shape index (κ2) is 6.75. The summed E-state index contributed by atoms with van der Waals surface area (Å²) in [6.07, 6.45) is 1.75. The van der Waals surface area contributed by atoms with Crippen molar-refractivity contribution in [3.63, 3.8) is 0 Å². The summed E-state index contributed by atoms with van der Waals surface area (Å²) < 4.78 is 2.47. The van der Waals surface area contributed by atoms with Gasteiger partial charge in [0, 0.05) is 16.2 Å². The van der Waals surface area contributed by atoms with Crippen LogP contribution in [0, 0.1) is 5.41 Å². The zero-order valence-corrected chi connectivity index (χ0v) is 14.0. The molecular formula is C19H15BrN2O. The van der Waals surface area contributed by atoms with E-state index in [9.17, 15) is 4.79 Å². The van der Waals surface area contributed by atoms with Gasteiger partial charge in [0.05, 0.1) is 6.54 Å². The molecule has 1 N–H and O–H groups in total. The molecule has 4 heteroatoms. The van der Waals surface area contributed by atoms with E-state index in [1.54, 1.807) is 22.9 Å². The zero-order valence-electron chi connectivity index (χ0n) is 12.4. The predicted octanol–water partition coefficient (Wildman–Crippen LogP) is 4.28. The lowest BCUT2D eigenvalue weighted by Gasteiger charge is -2.08. The first-order chi connectivity index (χ1) is 11.1. The molecule has 0 fully saturated rings. The number of carbonyl (C=O) groups excluding carboxylic acids is 1. The molecule has 0 aliphatic heterocycles. The SMILES string of the molecule is N=c1ccc(Br)cn1CC(=O)c1ccc(-c2ccccc2)cc1. The molecule has 114 valence electrons. The Kier molecular flexibility index (Phi) is 4.53. The van der Waals surface area contributed by atoms with Gasteiger partial charge < -0.3 is 4.57 Å². The summed E-state index contributed by atoms with van der Waals surface area (Å²) in [5, 5.41) is 7.86. The third-order valence-corrected chi connectivity index (χ3v) is 4.09. The Morgan fingerprint density at radius 2 is 1.57 bits per heavy atom. The van der Waals surface area contributed by atoms with Crippen molar-refractivity contribution >= 4 is 21.7 Å². The van der Waals surface area contributed by atoms with Crippen LogP contribution in [0.15, 0.2) is 77.4 Å². The van der Waals surface area contributed by atoms with E-state index in [1.807, 2.05) is 54.6 Å². The first-order valence-corrected chi connectivity index (χ1v) is 8.02. The highest BCUT2D eigenvalue weighted by atomic mass is 79.9. The standard InChI is InChI=1S/C19H15BrN2O/c20-17-10-11-19(21)22(12-17)13-18(23)16-8-6-15(7-9-16)14-4-2-1-3-5-14/h1-12,21H,13H2. The fourth-order valence-electron chi connectivity index (χ4n) is 2.37. The second-order valence-corrected chi connectivity index (χ2v) is 6.14. The smallest absolute Gasteiger partial charge is 0.182 e. The fourth-order valence-corrected chi connectivity index (χ4v) is 2.75. The number of benzene rings is 2. The number of hydrogen-bond acceptors (Lipinski definition) is 2. The van der Waals surface area contributed by atoms with Crippen LogP contribution in [0.2, 0.25) is 0 Å². The van der Waals surface area contributed by atoms with Crippen molar-refractivity contribution in [3.8, 4) is 11.1 Å². The van der Waals surface area contributed by atoms with Gasteiger partial charge in [-0.1, -0.05) is 54.6 Å². The van der Waals surface area contributed by atoms with Crippen LogP contribution in [0.5, 0.6) is 0 Å². The third kappa shape index (κ3) is 3.66. The predicted molar refractivity (Wildman–Crippen MR) is 94.2 cm³/mol. The van der Waals surface area contributed by atoms with Gasteiger partial charge in [0.2, 0.25) is 0 Å². The Bertz CT molecular complexity index is 883. The Morgan fingerprint density at radius 3 is 2.26 bits per heavy atom. The van der Waals surface area contributed by atoms with Gasteiger partial charge in [0.25, 0.3) is 0 Å². The lowest BCUT2D eigenvalue weighted by molar-refractivity contribution is 0.0970. The number of nitrogens with one attached hydrogen (secondary N) is 1. The number of pyridine rings is 1. The maximum Gasteiger partial charge on any atom is 0.182 e. The average molecular weight is 367 g/mol. The molecule has 1 heterocycles. The number of Topliss-reactive ketones (excluding diaryl/α,β-unsaturated/α-hetero) is 1. The Balaban J connectivity index is 1.81. The van der Waals surface area contributed by atoms with Crippen LogP contribution >= 0.6 is 15.9 Å². The summed E-state index contributed by atoms with van der Waals surface area (Å²) in [5.41, 5.74) is 3.17. The number of ketones is 1. The van der Waals surface area contributed by atoms with Crippen molar-refractivity contribution in [1.82, 2.24) is 4.57 Å². The molecule has 3 aromatic rings. The van der Waals surface area contributed by atoms with E-state index in [-0.39, 0.29) is 12.3 Å². The number of halogens is 1. The van der Waals surface area contributed by atoms with Gasteiger partial charge in [-0.15, -0.1) is 0 Å². The molecule has 3 nitrogen and oxygen atoms in total. The summed E-state index contributed by atoms with van der Waals surface area (Å²) >= 11 is 3.36. The van der Waals surface area contributed by atoms with E-state index >= 15 is 0 Å². The van der Waals surface area contributed by atoms with Crippen molar-refractivity contribution in [2.24, 2.45) is 0 Å². The molecule has 0 spiro atoms. The fraction of sp³-hybridized carbons (Fsp3) is 0.0526. The van der Waals surface area contributed by atoms with Crippen LogP contribution < -0.4 is 5.49 Å². The molecule has 0 aliphatic carbocycles. The topological polar surface area (TPSA) is 45.9 Å². The van der Waals surface area contributed by atoms with Gasteiger partial charge in [0.15, 0.2) is 5.78 Å². The minimum Gasteiger partial charge on any atom is -0.325 e. The second-order valence-electron chi connectivity index (χ2n) is 5.23. The van der Waals surface area contributed by atoms with Crippen LogP contribution in [0.3, 0.4) is 0 Å². The molecule has 0 aliphatic rings. The van der Waals surface area contributed by atoms with E-state index in [4.69, 9.17) is 5.41 Å². The van der Waals surface area contributed by atoms with Crippen molar-refractivity contribution < 1.29 is 4.79 Å². The molecule has 2 aromatic carbocycles. The number of carbonyl (C=O) groups is 1. The summed E-state index contributed by atoms with van der Waals surface area (Å²) in [5.74, 6) is -0.0128. The minimum atomic E-state index is -0.0128. The van der Waals surface area contributed by atoms with Crippen LogP contribution in [-0.4, -0.2) is 10.4 Å². The molecular weight excluding hydrogens is 352 g/mol. The molecule has 1 aromatic heterocycles. The molecule has 0 amide bonds. The van der Waals surface area contributed by atoms with Crippen molar-refractivity contribution in [1.29, 1.82) is 5.41 Å². The number of nitrogens with zero attached hydrogens (tertiary/aromatic N) is 1. The molecule has 0 saturated carbocycles. The molecule has 0 atom stereocenters. The highest BCUT2D eigenvalue weighted by Crippen LogP contribution is 2.19. The molecule has 23 heavy (non-hydrogen) atoms. The number of hydrogen-bond donors (Lipinski definition) is 1. The largest absolute Gasteiger partial charge is 0.325 e. The Labute approximate surface area is 142 Å². The molecule has 0 bridgehead atoms. The summed E-state index contributed by atoms with van der Waals surface area (Å²) in [4.78, 5) is 12.4. The maximum absolute atomic E-state index is 12.4. The molecule has 0 unspecified atom stereocenters. The number of rotatable bonds is 4. The van der Waals surface area contributed by atoms with E-state index in [0.29, 0.717) is 11.1 Å². The normalized spacial score (nSPS) is 10.5. The minimum absolute atomic E-state index is 0.0128. The van der Waals surface area contributed by atoms with Gasteiger partial charge in [-0.3, -0.25) is 10.2 Å². The van der Waals surface area contributed by atoms with E-state index < -0.39 is 0 Å². The third-order valence-electron chi connectivity index (χ3n) is 3.62. The van der Waals surface area contributed by atoms with Crippen LogP contribution in [0.25, 0.3) is 11.1 Å². The molecule has 3 rings (SSSR count). The molecule has 0 saturated heterocycles. The van der Waals surface area contributed by atoms with Crippen LogP contribution in [0.1, 0.15) is 10.4 Å². The number of aromatic nitrogens is 1. The first kappa shape index (κ1) is 15.4. The summed E-state index contributed by atoms with van der Waals surface area (Å²) in [7, 11) is 0. The Morgan fingerprint density at radius 1 is 0.913 bits per heavy atom. The van der Waals surface area contributed by atoms with Crippen molar-refractivity contribution in [3.05, 3.63) is 88.5 Å². The lowest BCUT2D eigenvalue weighted by Crippen LogP contribution is -2.23. The van der Waals surface area contributed by atoms with E-state index in [0.717, 1.165) is 15.6 Å². The Hall–Kier alpha value is -2.46. The monoisotopic (exact) mass is 366 g/mol. The zero-order chi connectivity index (χ0) is 16.2. The van der Waals surface area contributed by atoms with Crippen LogP contribution in [-0.2, 0) is 6.54 Å². The summed E-state index contributed by atoms with van der Waals surface area (Å²) in [6.45, 7) is 0.156. The average Bonchev–Trinajstić information content (AvgIpc) is 2.59. The summed E-state index contributed by atoms with van der Waals surface area (Å²) in [6, 6.07) is 21.1. The van der Waals surface area contributed by atoms with Gasteiger partial charge in [-0.2, -0.15) is 0 Å². The molecule has 0 radical (unpaired) electrons.